The normalized spacial score (nSPS) is 15.1. The van der Waals surface area contributed by atoms with Crippen LogP contribution in [0.1, 0.15) is 29.0 Å². The van der Waals surface area contributed by atoms with Crippen molar-refractivity contribution in [1.29, 1.82) is 0 Å². The molecule has 3 aromatic carbocycles. The summed E-state index contributed by atoms with van der Waals surface area (Å²) in [5.74, 6) is 1.49. The predicted molar refractivity (Wildman–Crippen MR) is 157 cm³/mol. The summed E-state index contributed by atoms with van der Waals surface area (Å²) in [6, 6.07) is 24.6. The number of para-hydroxylation sites is 1. The Morgan fingerprint density at radius 1 is 0.897 bits per heavy atom. The lowest BCUT2D eigenvalue weighted by Gasteiger charge is -2.35. The SMILES string of the molecule is COc1cc(OC)cc(C(CC(=O)N2CCN(CC=Cc3ccccc3)CC2)c2cn(C)c3ccccc23)c1. The lowest BCUT2D eigenvalue weighted by molar-refractivity contribution is -0.133. The second-order valence-electron chi connectivity index (χ2n) is 10.1. The molecule has 5 rings (SSSR count). The molecule has 0 spiro atoms. The number of aromatic nitrogens is 1. The minimum atomic E-state index is -0.126. The van der Waals surface area contributed by atoms with E-state index in [-0.39, 0.29) is 11.8 Å². The molecule has 1 atom stereocenters. The van der Waals surface area contributed by atoms with Crippen molar-refractivity contribution in [2.75, 3.05) is 46.9 Å². The van der Waals surface area contributed by atoms with Crippen LogP contribution in [0.2, 0.25) is 0 Å². The van der Waals surface area contributed by atoms with Gasteiger partial charge in [0.2, 0.25) is 5.91 Å². The fourth-order valence-electron chi connectivity index (χ4n) is 5.47. The fourth-order valence-corrected chi connectivity index (χ4v) is 5.47. The molecule has 1 aliphatic rings. The summed E-state index contributed by atoms with van der Waals surface area (Å²) in [6.45, 7) is 4.11. The van der Waals surface area contributed by atoms with E-state index in [0.29, 0.717) is 6.42 Å². The number of methoxy groups -OCH3 is 2. The molecule has 1 unspecified atom stereocenters. The Labute approximate surface area is 231 Å². The van der Waals surface area contributed by atoms with Crippen molar-refractivity contribution in [3.63, 3.8) is 0 Å². The number of fused-ring (bicyclic) bond motifs is 1. The van der Waals surface area contributed by atoms with E-state index in [2.05, 4.69) is 83.4 Å². The Hall–Kier alpha value is -4.03. The molecule has 1 saturated heterocycles. The van der Waals surface area contributed by atoms with Gasteiger partial charge in [0.1, 0.15) is 11.5 Å². The van der Waals surface area contributed by atoms with Gasteiger partial charge >= 0.3 is 0 Å². The quantitative estimate of drug-likeness (QED) is 0.288. The van der Waals surface area contributed by atoms with E-state index in [1.165, 1.54) is 5.56 Å². The smallest absolute Gasteiger partial charge is 0.223 e. The molecule has 6 nitrogen and oxygen atoms in total. The number of amides is 1. The van der Waals surface area contributed by atoms with Crippen molar-refractivity contribution >= 4 is 22.9 Å². The van der Waals surface area contributed by atoms with Crippen LogP contribution in [0.3, 0.4) is 0 Å². The highest BCUT2D eigenvalue weighted by Gasteiger charge is 2.27. The standard InChI is InChI=1S/C33H37N3O3/c1-34-24-31(29-13-7-8-14-32(29)34)30(26-20-27(38-2)22-28(21-26)39-3)23-33(37)36-18-16-35(17-19-36)15-9-12-25-10-5-4-6-11-25/h4-14,20-22,24,30H,15-19,23H2,1-3H3. The third kappa shape index (κ3) is 6.18. The number of ether oxygens (including phenoxy) is 2. The third-order valence-corrected chi connectivity index (χ3v) is 7.66. The molecule has 1 aromatic heterocycles. The first-order valence-electron chi connectivity index (χ1n) is 13.5. The maximum Gasteiger partial charge on any atom is 0.223 e. The molecule has 1 amide bonds. The summed E-state index contributed by atoms with van der Waals surface area (Å²) in [6.07, 6.45) is 6.91. The van der Waals surface area contributed by atoms with E-state index < -0.39 is 0 Å². The van der Waals surface area contributed by atoms with Crippen molar-refractivity contribution < 1.29 is 14.3 Å². The number of benzene rings is 3. The second-order valence-corrected chi connectivity index (χ2v) is 10.1. The lowest BCUT2D eigenvalue weighted by atomic mass is 9.87. The lowest BCUT2D eigenvalue weighted by Crippen LogP contribution is -2.48. The zero-order valence-corrected chi connectivity index (χ0v) is 23.0. The Balaban J connectivity index is 1.33. The Morgan fingerprint density at radius 2 is 1.56 bits per heavy atom. The molecule has 1 aliphatic heterocycles. The van der Waals surface area contributed by atoms with Crippen LogP contribution < -0.4 is 9.47 Å². The summed E-state index contributed by atoms with van der Waals surface area (Å²) in [4.78, 5) is 18.2. The summed E-state index contributed by atoms with van der Waals surface area (Å²) >= 11 is 0. The van der Waals surface area contributed by atoms with E-state index in [0.717, 1.165) is 66.3 Å². The maximum absolute atomic E-state index is 13.7. The first kappa shape index (κ1) is 26.6. The highest BCUT2D eigenvalue weighted by molar-refractivity contribution is 5.86. The van der Waals surface area contributed by atoms with Crippen LogP contribution >= 0.6 is 0 Å². The van der Waals surface area contributed by atoms with Crippen molar-refractivity contribution in [3.05, 3.63) is 102 Å². The molecule has 0 N–H and O–H groups in total. The van der Waals surface area contributed by atoms with Crippen LogP contribution in [-0.4, -0.2) is 67.2 Å². The Kier molecular flexibility index (Phi) is 8.33. The van der Waals surface area contributed by atoms with Gasteiger partial charge in [-0.2, -0.15) is 0 Å². The van der Waals surface area contributed by atoms with E-state index in [1.54, 1.807) is 14.2 Å². The second kappa shape index (κ2) is 12.2. The largest absolute Gasteiger partial charge is 0.497 e. The van der Waals surface area contributed by atoms with Crippen LogP contribution in [0, 0.1) is 0 Å². The molecule has 0 bridgehead atoms. The molecule has 2 heterocycles. The average molecular weight is 524 g/mol. The molecule has 39 heavy (non-hydrogen) atoms. The Morgan fingerprint density at radius 3 is 2.26 bits per heavy atom. The van der Waals surface area contributed by atoms with Gasteiger partial charge in [0.15, 0.2) is 0 Å². The van der Waals surface area contributed by atoms with E-state index >= 15 is 0 Å². The van der Waals surface area contributed by atoms with Crippen LogP contribution in [0.5, 0.6) is 11.5 Å². The zero-order chi connectivity index (χ0) is 27.2. The predicted octanol–water partition coefficient (Wildman–Crippen LogP) is 5.58. The first-order valence-corrected chi connectivity index (χ1v) is 13.5. The van der Waals surface area contributed by atoms with Gasteiger partial charge in [-0.25, -0.2) is 0 Å². The summed E-state index contributed by atoms with van der Waals surface area (Å²) in [7, 11) is 5.37. The minimum absolute atomic E-state index is 0.126. The summed E-state index contributed by atoms with van der Waals surface area (Å²) in [5.41, 5.74) is 4.51. The molecule has 0 aliphatic carbocycles. The molecule has 6 heteroatoms. The number of aryl methyl sites for hydroxylation is 1. The molecule has 202 valence electrons. The number of carbonyl (C=O) groups excluding carboxylic acids is 1. The van der Waals surface area contributed by atoms with Crippen molar-refractivity contribution in [1.82, 2.24) is 14.4 Å². The molecule has 0 radical (unpaired) electrons. The number of rotatable bonds is 9. The van der Waals surface area contributed by atoms with E-state index in [9.17, 15) is 4.79 Å². The topological polar surface area (TPSA) is 46.9 Å². The van der Waals surface area contributed by atoms with Crippen molar-refractivity contribution in [2.45, 2.75) is 12.3 Å². The minimum Gasteiger partial charge on any atom is -0.497 e. The Bertz CT molecular complexity index is 1410. The summed E-state index contributed by atoms with van der Waals surface area (Å²) in [5, 5.41) is 1.16. The van der Waals surface area contributed by atoms with Gasteiger partial charge in [0, 0.05) is 75.3 Å². The molecular formula is C33H37N3O3. The first-order chi connectivity index (χ1) is 19.1. The van der Waals surface area contributed by atoms with Gasteiger partial charge in [-0.3, -0.25) is 9.69 Å². The number of carbonyl (C=O) groups is 1. The van der Waals surface area contributed by atoms with Crippen LogP contribution in [0.4, 0.5) is 0 Å². The van der Waals surface area contributed by atoms with Gasteiger partial charge < -0.3 is 18.9 Å². The molecule has 0 saturated carbocycles. The monoisotopic (exact) mass is 523 g/mol. The number of hydrogen-bond donors (Lipinski definition) is 0. The van der Waals surface area contributed by atoms with Crippen molar-refractivity contribution in [3.8, 4) is 11.5 Å². The van der Waals surface area contributed by atoms with Crippen LogP contribution in [0.15, 0.2) is 85.1 Å². The molecule has 4 aromatic rings. The highest BCUT2D eigenvalue weighted by atomic mass is 16.5. The van der Waals surface area contributed by atoms with Gasteiger partial charge in [0.25, 0.3) is 0 Å². The van der Waals surface area contributed by atoms with E-state index in [1.807, 2.05) is 29.2 Å². The van der Waals surface area contributed by atoms with Gasteiger partial charge in [-0.15, -0.1) is 0 Å². The van der Waals surface area contributed by atoms with Gasteiger partial charge in [-0.05, 0) is 34.9 Å². The average Bonchev–Trinajstić information content (AvgIpc) is 3.32. The van der Waals surface area contributed by atoms with Crippen LogP contribution in [-0.2, 0) is 11.8 Å². The van der Waals surface area contributed by atoms with Gasteiger partial charge in [0.05, 0.1) is 14.2 Å². The van der Waals surface area contributed by atoms with Gasteiger partial charge in [-0.1, -0.05) is 60.7 Å². The number of hydrogen-bond acceptors (Lipinski definition) is 4. The number of nitrogens with zero attached hydrogens (tertiary/aromatic N) is 3. The van der Waals surface area contributed by atoms with E-state index in [4.69, 9.17) is 9.47 Å². The highest BCUT2D eigenvalue weighted by Crippen LogP contribution is 2.38. The zero-order valence-electron chi connectivity index (χ0n) is 23.0. The molecular weight excluding hydrogens is 486 g/mol. The number of piperazine rings is 1. The fraction of sp³-hybridized carbons (Fsp3) is 0.303. The van der Waals surface area contributed by atoms with Crippen LogP contribution in [0.25, 0.3) is 17.0 Å². The maximum atomic E-state index is 13.7. The molecule has 1 fully saturated rings. The third-order valence-electron chi connectivity index (χ3n) is 7.66. The van der Waals surface area contributed by atoms with Crippen molar-refractivity contribution in [2.24, 2.45) is 7.05 Å². The summed E-state index contributed by atoms with van der Waals surface area (Å²) < 4.78 is 13.3.